The highest BCUT2D eigenvalue weighted by Gasteiger charge is 2.45. The van der Waals surface area contributed by atoms with E-state index in [1.54, 1.807) is 11.8 Å². The quantitative estimate of drug-likeness (QED) is 0.891. The van der Waals surface area contributed by atoms with E-state index in [1.165, 1.54) is 0 Å². The van der Waals surface area contributed by atoms with Gasteiger partial charge in [0.15, 0.2) is 0 Å². The Hall–Kier alpha value is -2.24. The summed E-state index contributed by atoms with van der Waals surface area (Å²) in [6, 6.07) is 10.1. The Balaban J connectivity index is 1.46. The van der Waals surface area contributed by atoms with Crippen LogP contribution in [-0.4, -0.2) is 42.8 Å². The average Bonchev–Trinajstić information content (AvgIpc) is 3.37. The molecule has 6 heteroatoms. The van der Waals surface area contributed by atoms with Gasteiger partial charge in [0.1, 0.15) is 0 Å². The fourth-order valence-electron chi connectivity index (χ4n) is 3.23. The topological polar surface area (TPSA) is 70.7 Å². The summed E-state index contributed by atoms with van der Waals surface area (Å²) in [5, 5.41) is 6.18. The van der Waals surface area contributed by atoms with Gasteiger partial charge >= 0.3 is 12.1 Å². The Morgan fingerprint density at radius 1 is 1.21 bits per heavy atom. The van der Waals surface area contributed by atoms with Gasteiger partial charge in [0.05, 0.1) is 12.1 Å². The third-order valence-electron chi connectivity index (χ3n) is 4.79. The van der Waals surface area contributed by atoms with E-state index < -0.39 is 0 Å². The van der Waals surface area contributed by atoms with Gasteiger partial charge in [-0.25, -0.2) is 9.59 Å². The van der Waals surface area contributed by atoms with Gasteiger partial charge in [0.2, 0.25) is 0 Å². The van der Waals surface area contributed by atoms with Gasteiger partial charge in [-0.15, -0.1) is 0 Å². The third kappa shape index (κ3) is 3.80. The smallest absolute Gasteiger partial charge is 0.409 e. The molecule has 2 N–H and O–H groups in total. The lowest BCUT2D eigenvalue weighted by Crippen LogP contribution is -2.51. The van der Waals surface area contributed by atoms with Crippen LogP contribution in [0.1, 0.15) is 38.2 Å². The van der Waals surface area contributed by atoms with E-state index in [0.717, 1.165) is 31.2 Å². The number of amides is 3. The Morgan fingerprint density at radius 2 is 1.88 bits per heavy atom. The molecular formula is C18H25N3O3. The predicted octanol–water partition coefficient (Wildman–Crippen LogP) is 2.60. The van der Waals surface area contributed by atoms with E-state index in [0.29, 0.717) is 19.7 Å². The molecule has 130 valence electrons. The summed E-state index contributed by atoms with van der Waals surface area (Å²) in [5.41, 5.74) is 0.967. The molecule has 0 bridgehead atoms. The van der Waals surface area contributed by atoms with Crippen LogP contribution in [0, 0.1) is 0 Å². The van der Waals surface area contributed by atoms with Crippen LogP contribution < -0.4 is 10.6 Å². The van der Waals surface area contributed by atoms with E-state index in [4.69, 9.17) is 4.74 Å². The monoisotopic (exact) mass is 331 g/mol. The largest absolute Gasteiger partial charge is 0.450 e. The zero-order valence-electron chi connectivity index (χ0n) is 14.1. The van der Waals surface area contributed by atoms with Crippen LogP contribution in [0.3, 0.4) is 0 Å². The van der Waals surface area contributed by atoms with Crippen molar-refractivity contribution in [3.8, 4) is 0 Å². The standard InChI is InChI=1S/C18H25N3O3/c1-2-24-17(23)21-12-8-15(9-13-21)19-16(22)20-18(10-11-18)14-6-4-3-5-7-14/h3-7,15H,2,8-13H2,1H3,(H2,19,20,22). The van der Waals surface area contributed by atoms with Crippen molar-refractivity contribution in [1.29, 1.82) is 0 Å². The number of benzene rings is 1. The van der Waals surface area contributed by atoms with Gasteiger partial charge in [-0.3, -0.25) is 0 Å². The molecule has 1 saturated heterocycles. The Labute approximate surface area is 142 Å². The lowest BCUT2D eigenvalue weighted by Gasteiger charge is -2.32. The minimum absolute atomic E-state index is 0.0993. The number of hydrogen-bond acceptors (Lipinski definition) is 3. The molecule has 3 amide bonds. The number of rotatable bonds is 4. The van der Waals surface area contributed by atoms with E-state index in [9.17, 15) is 9.59 Å². The molecule has 1 aromatic rings. The zero-order valence-corrected chi connectivity index (χ0v) is 14.1. The van der Waals surface area contributed by atoms with Crippen molar-refractivity contribution in [2.75, 3.05) is 19.7 Å². The van der Waals surface area contributed by atoms with Crippen molar-refractivity contribution >= 4 is 12.1 Å². The van der Waals surface area contributed by atoms with E-state index in [2.05, 4.69) is 22.8 Å². The van der Waals surface area contributed by atoms with Crippen LogP contribution in [-0.2, 0) is 10.3 Å². The summed E-state index contributed by atoms with van der Waals surface area (Å²) in [6.07, 6.45) is 3.20. The molecule has 1 aliphatic heterocycles. The highest BCUT2D eigenvalue weighted by Crippen LogP contribution is 2.45. The molecule has 1 heterocycles. The number of hydrogen-bond donors (Lipinski definition) is 2. The minimum Gasteiger partial charge on any atom is -0.450 e. The molecule has 3 rings (SSSR count). The molecule has 1 saturated carbocycles. The van der Waals surface area contributed by atoms with Gasteiger partial charge in [-0.1, -0.05) is 30.3 Å². The first-order valence-corrected chi connectivity index (χ1v) is 8.69. The number of piperidine rings is 1. The second-order valence-electron chi connectivity index (χ2n) is 6.51. The van der Waals surface area contributed by atoms with Crippen LogP contribution in [0.2, 0.25) is 0 Å². The van der Waals surface area contributed by atoms with Crippen LogP contribution in [0.4, 0.5) is 9.59 Å². The highest BCUT2D eigenvalue weighted by atomic mass is 16.6. The predicted molar refractivity (Wildman–Crippen MR) is 90.6 cm³/mol. The van der Waals surface area contributed by atoms with Crippen LogP contribution in [0.15, 0.2) is 30.3 Å². The molecule has 0 atom stereocenters. The first-order valence-electron chi connectivity index (χ1n) is 8.69. The maximum Gasteiger partial charge on any atom is 0.409 e. The normalized spacial score (nSPS) is 19.5. The first-order chi connectivity index (χ1) is 11.6. The number of ether oxygens (including phenoxy) is 1. The second kappa shape index (κ2) is 7.11. The van der Waals surface area contributed by atoms with E-state index in [1.807, 2.05) is 18.2 Å². The summed E-state index contributed by atoms with van der Waals surface area (Å²) in [7, 11) is 0. The summed E-state index contributed by atoms with van der Waals surface area (Å²) in [5.74, 6) is 0. The number of likely N-dealkylation sites (tertiary alicyclic amines) is 1. The molecular weight excluding hydrogens is 306 g/mol. The van der Waals surface area contributed by atoms with Crippen molar-refractivity contribution in [2.24, 2.45) is 0 Å². The van der Waals surface area contributed by atoms with Gasteiger partial charge < -0.3 is 20.3 Å². The van der Waals surface area contributed by atoms with Gasteiger partial charge in [-0.05, 0) is 38.2 Å². The van der Waals surface area contributed by atoms with Crippen molar-refractivity contribution < 1.29 is 14.3 Å². The van der Waals surface area contributed by atoms with E-state index in [-0.39, 0.29) is 23.7 Å². The molecule has 1 aromatic carbocycles. The fourth-order valence-corrected chi connectivity index (χ4v) is 3.23. The van der Waals surface area contributed by atoms with Crippen LogP contribution >= 0.6 is 0 Å². The minimum atomic E-state index is -0.263. The summed E-state index contributed by atoms with van der Waals surface area (Å²) < 4.78 is 5.01. The second-order valence-corrected chi connectivity index (χ2v) is 6.51. The van der Waals surface area contributed by atoms with Crippen LogP contribution in [0.25, 0.3) is 0 Å². The Morgan fingerprint density at radius 3 is 2.46 bits per heavy atom. The van der Waals surface area contributed by atoms with Crippen molar-refractivity contribution in [2.45, 2.75) is 44.2 Å². The summed E-state index contributed by atoms with van der Waals surface area (Å²) >= 11 is 0. The van der Waals surface area contributed by atoms with Crippen molar-refractivity contribution in [1.82, 2.24) is 15.5 Å². The van der Waals surface area contributed by atoms with Gasteiger partial charge in [0, 0.05) is 19.1 Å². The molecule has 2 fully saturated rings. The Kier molecular flexibility index (Phi) is 4.92. The average molecular weight is 331 g/mol. The number of nitrogens with zero attached hydrogens (tertiary/aromatic N) is 1. The Bertz CT molecular complexity index is 578. The molecule has 0 spiro atoms. The molecule has 6 nitrogen and oxygen atoms in total. The summed E-state index contributed by atoms with van der Waals surface area (Å²) in [4.78, 5) is 25.7. The molecule has 0 unspecified atom stereocenters. The molecule has 0 aromatic heterocycles. The number of carbonyl (C=O) groups is 2. The SMILES string of the molecule is CCOC(=O)N1CCC(NC(=O)NC2(c3ccccc3)CC2)CC1. The maximum absolute atomic E-state index is 12.3. The summed E-state index contributed by atoms with van der Waals surface area (Å²) in [6.45, 7) is 3.43. The number of urea groups is 1. The molecule has 2 aliphatic rings. The zero-order chi connectivity index (χ0) is 17.0. The van der Waals surface area contributed by atoms with Gasteiger partial charge in [0.25, 0.3) is 0 Å². The van der Waals surface area contributed by atoms with E-state index >= 15 is 0 Å². The molecule has 1 aliphatic carbocycles. The van der Waals surface area contributed by atoms with Gasteiger partial charge in [-0.2, -0.15) is 0 Å². The lowest BCUT2D eigenvalue weighted by molar-refractivity contribution is 0.0957. The van der Waals surface area contributed by atoms with Crippen LogP contribution in [0.5, 0.6) is 0 Å². The van der Waals surface area contributed by atoms with Crippen molar-refractivity contribution in [3.63, 3.8) is 0 Å². The fraction of sp³-hybridized carbons (Fsp3) is 0.556. The highest BCUT2D eigenvalue weighted by molar-refractivity contribution is 5.76. The first kappa shape index (κ1) is 16.6. The van der Waals surface area contributed by atoms with Crippen molar-refractivity contribution in [3.05, 3.63) is 35.9 Å². The number of carbonyl (C=O) groups excluding carboxylic acids is 2. The maximum atomic E-state index is 12.3. The molecule has 0 radical (unpaired) electrons. The number of nitrogens with one attached hydrogen (secondary N) is 2. The molecule has 24 heavy (non-hydrogen) atoms. The third-order valence-corrected chi connectivity index (χ3v) is 4.79. The lowest BCUT2D eigenvalue weighted by atomic mass is 10.0.